The van der Waals surface area contributed by atoms with Gasteiger partial charge in [-0.3, -0.25) is 4.79 Å². The summed E-state index contributed by atoms with van der Waals surface area (Å²) >= 11 is 0. The van der Waals surface area contributed by atoms with Crippen molar-refractivity contribution in [2.24, 2.45) is 0 Å². The van der Waals surface area contributed by atoms with E-state index in [1.165, 1.54) is 18.2 Å². The Hall–Kier alpha value is -1.62. The maximum atomic E-state index is 12.9. The van der Waals surface area contributed by atoms with Crippen molar-refractivity contribution < 1.29 is 13.9 Å². The molecule has 3 N–H and O–H groups in total. The molecule has 0 saturated carbocycles. The number of ether oxygens (including phenoxy) is 1. The predicted octanol–water partition coefficient (Wildman–Crippen LogP) is 2.31. The van der Waals surface area contributed by atoms with Crippen LogP contribution in [0.1, 0.15) is 25.7 Å². The van der Waals surface area contributed by atoms with E-state index in [0.717, 1.165) is 25.9 Å². The van der Waals surface area contributed by atoms with Crippen molar-refractivity contribution in [2.75, 3.05) is 17.7 Å². The third-order valence-electron chi connectivity index (χ3n) is 3.00. The van der Waals surface area contributed by atoms with E-state index in [1.807, 2.05) is 0 Å². The molecule has 1 aliphatic heterocycles. The lowest BCUT2D eigenvalue weighted by atomic mass is 10.1. The number of halogens is 1. The van der Waals surface area contributed by atoms with E-state index < -0.39 is 5.82 Å². The van der Waals surface area contributed by atoms with Gasteiger partial charge in [0.25, 0.3) is 0 Å². The molecule has 2 rings (SSSR count). The summed E-state index contributed by atoms with van der Waals surface area (Å²) in [6, 6.07) is 4.15. The highest BCUT2D eigenvalue weighted by Crippen LogP contribution is 2.19. The van der Waals surface area contributed by atoms with Gasteiger partial charge < -0.3 is 15.8 Å². The summed E-state index contributed by atoms with van der Waals surface area (Å²) in [6.07, 6.45) is 3.43. The maximum absolute atomic E-state index is 12.9. The largest absolute Gasteiger partial charge is 0.396 e. The molecule has 18 heavy (non-hydrogen) atoms. The Balaban J connectivity index is 1.80. The van der Waals surface area contributed by atoms with Crippen LogP contribution in [0.3, 0.4) is 0 Å². The van der Waals surface area contributed by atoms with E-state index in [2.05, 4.69) is 5.32 Å². The molecule has 0 aromatic heterocycles. The summed E-state index contributed by atoms with van der Waals surface area (Å²) in [7, 11) is 0. The third-order valence-corrected chi connectivity index (χ3v) is 3.00. The minimum Gasteiger partial charge on any atom is -0.396 e. The van der Waals surface area contributed by atoms with Gasteiger partial charge in [0.05, 0.1) is 11.8 Å². The number of nitrogens with two attached hydrogens (primary N) is 1. The third kappa shape index (κ3) is 3.43. The molecule has 98 valence electrons. The summed E-state index contributed by atoms with van der Waals surface area (Å²) in [4.78, 5) is 11.7. The Morgan fingerprint density at radius 2 is 2.39 bits per heavy atom. The van der Waals surface area contributed by atoms with E-state index in [0.29, 0.717) is 12.1 Å². The maximum Gasteiger partial charge on any atom is 0.224 e. The number of benzene rings is 1. The number of carbonyl (C=O) groups is 1. The molecule has 4 nitrogen and oxygen atoms in total. The molecule has 1 atom stereocenters. The summed E-state index contributed by atoms with van der Waals surface area (Å²) in [5.41, 5.74) is 5.98. The number of hydrogen-bond donors (Lipinski definition) is 2. The van der Waals surface area contributed by atoms with E-state index in [-0.39, 0.29) is 17.7 Å². The van der Waals surface area contributed by atoms with E-state index in [9.17, 15) is 9.18 Å². The predicted molar refractivity (Wildman–Crippen MR) is 67.7 cm³/mol. The number of amides is 1. The van der Waals surface area contributed by atoms with Crippen LogP contribution in [0.25, 0.3) is 0 Å². The Labute approximate surface area is 105 Å². The SMILES string of the molecule is Nc1cc(NC(=O)CCC2CCCO2)ccc1F. The zero-order valence-corrected chi connectivity index (χ0v) is 10.1. The van der Waals surface area contributed by atoms with Crippen LogP contribution in [0, 0.1) is 5.82 Å². The van der Waals surface area contributed by atoms with Gasteiger partial charge in [0.15, 0.2) is 0 Å². The molecule has 1 aliphatic rings. The normalized spacial score (nSPS) is 18.8. The van der Waals surface area contributed by atoms with Gasteiger partial charge in [0, 0.05) is 18.7 Å². The lowest BCUT2D eigenvalue weighted by molar-refractivity contribution is -0.116. The molecular weight excluding hydrogens is 235 g/mol. The minimum atomic E-state index is -0.479. The molecule has 0 spiro atoms. The van der Waals surface area contributed by atoms with Crippen LogP contribution < -0.4 is 11.1 Å². The van der Waals surface area contributed by atoms with Gasteiger partial charge in [-0.15, -0.1) is 0 Å². The molecule has 0 radical (unpaired) electrons. The Bertz CT molecular complexity index is 431. The van der Waals surface area contributed by atoms with Crippen LogP contribution in [-0.4, -0.2) is 18.6 Å². The van der Waals surface area contributed by atoms with Crippen LogP contribution in [0.15, 0.2) is 18.2 Å². The number of rotatable bonds is 4. The number of anilines is 2. The fraction of sp³-hybridized carbons (Fsp3) is 0.462. The summed E-state index contributed by atoms with van der Waals surface area (Å²) < 4.78 is 18.4. The van der Waals surface area contributed by atoms with Gasteiger partial charge >= 0.3 is 0 Å². The highest BCUT2D eigenvalue weighted by atomic mass is 19.1. The molecule has 1 aromatic carbocycles. The first-order chi connectivity index (χ1) is 8.65. The van der Waals surface area contributed by atoms with Gasteiger partial charge in [-0.2, -0.15) is 0 Å². The van der Waals surface area contributed by atoms with Crippen molar-refractivity contribution in [3.8, 4) is 0 Å². The average Bonchev–Trinajstić information content (AvgIpc) is 2.84. The van der Waals surface area contributed by atoms with Crippen LogP contribution in [0.4, 0.5) is 15.8 Å². The molecule has 0 bridgehead atoms. The van der Waals surface area contributed by atoms with Crippen LogP contribution in [0.2, 0.25) is 0 Å². The van der Waals surface area contributed by atoms with Gasteiger partial charge in [-0.1, -0.05) is 0 Å². The van der Waals surface area contributed by atoms with Gasteiger partial charge in [-0.05, 0) is 37.5 Å². The summed E-state index contributed by atoms with van der Waals surface area (Å²) in [5.74, 6) is -0.580. The molecule has 0 aliphatic carbocycles. The van der Waals surface area contributed by atoms with Crippen LogP contribution in [-0.2, 0) is 9.53 Å². The Morgan fingerprint density at radius 1 is 1.56 bits per heavy atom. The molecule has 1 heterocycles. The number of nitrogen functional groups attached to an aromatic ring is 1. The summed E-state index contributed by atoms with van der Waals surface area (Å²) in [5, 5.41) is 2.69. The standard InChI is InChI=1S/C13H17FN2O2/c14-11-5-3-9(8-12(11)15)16-13(17)6-4-10-2-1-7-18-10/h3,5,8,10H,1-2,4,6-7,15H2,(H,16,17). The summed E-state index contributed by atoms with van der Waals surface area (Å²) in [6.45, 7) is 0.792. The highest BCUT2D eigenvalue weighted by Gasteiger charge is 2.16. The average molecular weight is 252 g/mol. The van der Waals surface area contributed by atoms with Crippen molar-refractivity contribution in [3.05, 3.63) is 24.0 Å². The second-order valence-corrected chi connectivity index (χ2v) is 4.46. The first kappa shape index (κ1) is 12.8. The van der Waals surface area contributed by atoms with Crippen molar-refractivity contribution in [3.63, 3.8) is 0 Å². The number of hydrogen-bond acceptors (Lipinski definition) is 3. The van der Waals surface area contributed by atoms with E-state index in [4.69, 9.17) is 10.5 Å². The molecule has 1 saturated heterocycles. The second-order valence-electron chi connectivity index (χ2n) is 4.46. The highest BCUT2D eigenvalue weighted by molar-refractivity contribution is 5.91. The monoisotopic (exact) mass is 252 g/mol. The molecule has 1 aromatic rings. The number of carbonyl (C=O) groups excluding carboxylic acids is 1. The van der Waals surface area contributed by atoms with Gasteiger partial charge in [0.2, 0.25) is 5.91 Å². The second kappa shape index (κ2) is 5.82. The zero-order chi connectivity index (χ0) is 13.0. The molecular formula is C13H17FN2O2. The Morgan fingerprint density at radius 3 is 3.06 bits per heavy atom. The topological polar surface area (TPSA) is 64.3 Å². The lowest BCUT2D eigenvalue weighted by Crippen LogP contribution is -2.15. The number of nitrogens with one attached hydrogen (secondary N) is 1. The van der Waals surface area contributed by atoms with Crippen LogP contribution >= 0.6 is 0 Å². The zero-order valence-electron chi connectivity index (χ0n) is 10.1. The van der Waals surface area contributed by atoms with E-state index >= 15 is 0 Å². The minimum absolute atomic E-state index is 0.0342. The quantitative estimate of drug-likeness (QED) is 0.808. The van der Waals surface area contributed by atoms with E-state index in [1.54, 1.807) is 0 Å². The smallest absolute Gasteiger partial charge is 0.224 e. The van der Waals surface area contributed by atoms with Crippen molar-refractivity contribution in [1.29, 1.82) is 0 Å². The molecule has 1 fully saturated rings. The molecule has 1 amide bonds. The van der Waals surface area contributed by atoms with Gasteiger partial charge in [-0.25, -0.2) is 4.39 Å². The Kier molecular flexibility index (Phi) is 4.15. The lowest BCUT2D eigenvalue weighted by Gasteiger charge is -2.09. The van der Waals surface area contributed by atoms with Gasteiger partial charge in [0.1, 0.15) is 5.82 Å². The van der Waals surface area contributed by atoms with Crippen molar-refractivity contribution >= 4 is 17.3 Å². The van der Waals surface area contributed by atoms with Crippen LogP contribution in [0.5, 0.6) is 0 Å². The fourth-order valence-electron chi connectivity index (χ4n) is 2.01. The fourth-order valence-corrected chi connectivity index (χ4v) is 2.01. The molecule has 5 heteroatoms. The van der Waals surface area contributed by atoms with Crippen molar-refractivity contribution in [1.82, 2.24) is 0 Å². The molecule has 1 unspecified atom stereocenters. The first-order valence-corrected chi connectivity index (χ1v) is 6.11. The van der Waals surface area contributed by atoms with Crippen molar-refractivity contribution in [2.45, 2.75) is 31.8 Å². The first-order valence-electron chi connectivity index (χ1n) is 6.11.